The van der Waals surface area contributed by atoms with E-state index in [0.717, 1.165) is 11.0 Å². The quantitative estimate of drug-likeness (QED) is 0.171. The van der Waals surface area contributed by atoms with Gasteiger partial charge in [0.1, 0.15) is 0 Å². The van der Waals surface area contributed by atoms with Crippen molar-refractivity contribution in [2.45, 2.75) is 77.0 Å². The summed E-state index contributed by atoms with van der Waals surface area (Å²) in [5, 5.41) is 7.62. The van der Waals surface area contributed by atoms with Crippen molar-refractivity contribution < 1.29 is 0 Å². The second-order valence-corrected chi connectivity index (χ2v) is 32.9. The minimum absolute atomic E-state index is 0.0856. The molecule has 0 spiro atoms. The summed E-state index contributed by atoms with van der Waals surface area (Å²) in [6.45, 7) is 19.1. The zero-order valence-corrected chi connectivity index (χ0v) is 58.4. The summed E-state index contributed by atoms with van der Waals surface area (Å²) in [7, 11) is 0. The predicted molar refractivity (Wildman–Crippen MR) is 424 cm³/mol. The van der Waals surface area contributed by atoms with Crippen LogP contribution >= 0.6 is 22.7 Å². The maximum Gasteiger partial charge on any atom is 0.0465 e. The molecule has 99 heavy (non-hydrogen) atoms. The Morgan fingerprint density at radius 2 is 0.465 bits per heavy atom. The minimum Gasteiger partial charge on any atom is -0.355 e. The van der Waals surface area contributed by atoms with Gasteiger partial charge in [0.2, 0.25) is 0 Å². The molecule has 0 fully saturated rings. The van der Waals surface area contributed by atoms with Crippen LogP contribution < -0.4 is 0 Å². The highest BCUT2D eigenvalue weighted by atomic mass is 32.1. The number of thiophene rings is 2. The molecule has 470 valence electrons. The number of rotatable bonds is 6. The summed E-state index contributed by atoms with van der Waals surface area (Å²) >= 11 is 3.85. The highest BCUT2D eigenvalue weighted by molar-refractivity contribution is 7.26. The lowest BCUT2D eigenvalue weighted by Gasteiger charge is -2.22. The van der Waals surface area contributed by atoms with Gasteiger partial charge in [0.25, 0.3) is 0 Å². The molecule has 0 atom stereocenters. The van der Waals surface area contributed by atoms with Gasteiger partial charge in [0.15, 0.2) is 0 Å². The molecule has 4 aliphatic carbocycles. The Morgan fingerprint density at radius 3 is 0.808 bits per heavy atom. The van der Waals surface area contributed by atoms with E-state index in [1.807, 2.05) is 22.7 Å². The van der Waals surface area contributed by atoms with Crippen LogP contribution in [0.25, 0.3) is 173 Å². The number of aromatic nitrogens is 1. The van der Waals surface area contributed by atoms with Crippen molar-refractivity contribution in [3.63, 3.8) is 0 Å². The molecule has 0 unspecified atom stereocenters. The van der Waals surface area contributed by atoms with E-state index in [-0.39, 0.29) is 21.7 Å². The first kappa shape index (κ1) is 57.4. The van der Waals surface area contributed by atoms with E-state index >= 15 is 0 Å². The zero-order valence-electron chi connectivity index (χ0n) is 56.7. The topological polar surface area (TPSA) is 15.8 Å². The molecule has 0 bridgehead atoms. The lowest BCUT2D eigenvalue weighted by Crippen LogP contribution is -2.14. The van der Waals surface area contributed by atoms with Crippen LogP contribution in [-0.4, -0.2) is 4.98 Å². The number of benzene rings is 14. The molecule has 3 heteroatoms. The van der Waals surface area contributed by atoms with Crippen LogP contribution in [0.15, 0.2) is 267 Å². The molecule has 0 saturated carbocycles. The fourth-order valence-electron chi connectivity index (χ4n) is 18.6. The first-order valence-corrected chi connectivity index (χ1v) is 36.7. The summed E-state index contributed by atoms with van der Waals surface area (Å²) in [5.74, 6) is 0. The molecule has 4 aliphatic rings. The van der Waals surface area contributed by atoms with E-state index in [1.54, 1.807) is 0 Å². The summed E-state index contributed by atoms with van der Waals surface area (Å²) in [4.78, 5) is 3.91. The third-order valence-corrected chi connectivity index (χ3v) is 26.5. The van der Waals surface area contributed by atoms with Gasteiger partial charge in [-0.25, -0.2) is 0 Å². The Labute approximate surface area is 585 Å². The van der Waals surface area contributed by atoms with Crippen LogP contribution in [0.4, 0.5) is 0 Å². The number of aromatic amines is 1. The summed E-state index contributed by atoms with van der Waals surface area (Å²) in [6, 6.07) is 104. The number of nitrogens with one attached hydrogen (secondary N) is 1. The van der Waals surface area contributed by atoms with E-state index in [0.29, 0.717) is 0 Å². The molecule has 14 aromatic carbocycles. The molecular formula is C96H69NS2. The summed E-state index contributed by atoms with van der Waals surface area (Å²) in [6.07, 6.45) is 0. The van der Waals surface area contributed by atoms with Gasteiger partial charge in [-0.15, -0.1) is 22.7 Å². The Bertz CT molecular complexity index is 6090. The van der Waals surface area contributed by atoms with Gasteiger partial charge in [0, 0.05) is 94.9 Å². The van der Waals surface area contributed by atoms with Crippen molar-refractivity contribution in [2.24, 2.45) is 0 Å². The van der Waals surface area contributed by atoms with E-state index in [4.69, 9.17) is 0 Å². The molecule has 0 amide bonds. The third kappa shape index (κ3) is 8.03. The average molecular weight is 1300 g/mol. The number of H-pyrrole nitrogens is 1. The lowest BCUT2D eigenvalue weighted by atomic mass is 9.81. The molecule has 17 aromatic rings. The van der Waals surface area contributed by atoms with Gasteiger partial charge in [-0.3, -0.25) is 0 Å². The van der Waals surface area contributed by atoms with Crippen molar-refractivity contribution in [3.05, 3.63) is 311 Å². The fraction of sp³-hybridized carbons (Fsp3) is 0.125. The first-order valence-electron chi connectivity index (χ1n) is 35.1. The van der Waals surface area contributed by atoms with Gasteiger partial charge >= 0.3 is 0 Å². The van der Waals surface area contributed by atoms with Crippen LogP contribution in [0.2, 0.25) is 0 Å². The molecule has 1 nitrogen and oxygen atoms in total. The summed E-state index contributed by atoms with van der Waals surface area (Å²) < 4.78 is 5.20. The van der Waals surface area contributed by atoms with E-state index < -0.39 is 0 Å². The fourth-order valence-corrected chi connectivity index (χ4v) is 21.0. The van der Waals surface area contributed by atoms with Gasteiger partial charge in [-0.2, -0.15) is 0 Å². The molecule has 3 aromatic heterocycles. The minimum atomic E-state index is -0.127. The zero-order chi connectivity index (χ0) is 66.3. The second kappa shape index (κ2) is 20.0. The molecule has 0 saturated heterocycles. The largest absolute Gasteiger partial charge is 0.355 e. The third-order valence-electron chi connectivity index (χ3n) is 24.0. The summed E-state index contributed by atoms with van der Waals surface area (Å²) in [5.41, 5.74) is 38.6. The molecule has 21 rings (SSSR count). The van der Waals surface area contributed by atoms with Crippen LogP contribution in [0, 0.1) is 0 Å². The average Bonchev–Trinajstić information content (AvgIpc) is 1.61. The lowest BCUT2D eigenvalue weighted by molar-refractivity contribution is 0.660. The Hall–Kier alpha value is -10.7. The van der Waals surface area contributed by atoms with E-state index in [1.165, 1.54) is 207 Å². The molecule has 0 radical (unpaired) electrons. The van der Waals surface area contributed by atoms with E-state index in [9.17, 15) is 0 Å². The van der Waals surface area contributed by atoms with Crippen LogP contribution in [-0.2, 0) is 21.7 Å². The molecule has 1 N–H and O–H groups in total. The van der Waals surface area contributed by atoms with Crippen LogP contribution in [0.3, 0.4) is 0 Å². The predicted octanol–water partition coefficient (Wildman–Crippen LogP) is 27.3. The van der Waals surface area contributed by atoms with Crippen LogP contribution in [0.5, 0.6) is 0 Å². The Morgan fingerprint density at radius 1 is 0.202 bits per heavy atom. The molecule has 0 aliphatic heterocycles. The monoisotopic (exact) mass is 1300 g/mol. The van der Waals surface area contributed by atoms with Gasteiger partial charge in [-0.1, -0.05) is 225 Å². The SMILES string of the molecule is CC1(C)c2ccccc2-c2ccc(-c3ccc4sc5c(-c6ccc7[nH]c8ccc(-c9cc(-c%10ccc%11c(c%10)C(C)(C)c%10ccccc%10-%11)cc%10c9sc9ccc(-c%11ccc%12c(c%11)C(C)(C)c%11ccccc%11-%12)cc9%10)cc8c7c6)cc(-c6ccc7c(c6)C(C)(C)c6ccccc6-7)cc5c4c3)cc21. The normalized spacial score (nSPS) is 15.2. The number of hydrogen-bond acceptors (Lipinski definition) is 2. The maximum absolute atomic E-state index is 3.91. The van der Waals surface area contributed by atoms with Gasteiger partial charge in [-0.05, 0) is 242 Å². The van der Waals surface area contributed by atoms with E-state index in [2.05, 4.69) is 327 Å². The van der Waals surface area contributed by atoms with Crippen molar-refractivity contribution in [1.82, 2.24) is 4.98 Å². The molecular weight excluding hydrogens is 1230 g/mol. The standard InChI is InChI=1S/C96H69NS2/c1-93(2)79-21-13-9-17-63(79)67-33-25-55(49-83(67)93)53-31-39-89-75(41-53)77-47-61(57-27-35-69-65-19-11-15-23-81(65)95(5,6)85(69)51-57)45-71(91(77)98-89)59-29-37-87-73(43-59)74-44-60(30-38-88(74)97-87)72-46-62(58-28-36-70-66-20-12-16-24-82(66)96(7,8)86(70)52-58)48-78-76-42-54(32-40-90(76)99-92(72)78)56-26-34-68-64-18-10-14-22-80(64)94(3,4)84(68)50-56/h9-52,97H,1-8H3. The molecule has 3 heterocycles. The van der Waals surface area contributed by atoms with Crippen molar-refractivity contribution in [1.29, 1.82) is 0 Å². The highest BCUT2D eigenvalue weighted by Crippen LogP contribution is 2.56. The van der Waals surface area contributed by atoms with Crippen molar-refractivity contribution >= 4 is 84.8 Å². The number of hydrogen-bond donors (Lipinski definition) is 1. The first-order chi connectivity index (χ1) is 48.0. The Kier molecular flexibility index (Phi) is 11.6. The smallest absolute Gasteiger partial charge is 0.0465 e. The van der Waals surface area contributed by atoms with Crippen molar-refractivity contribution in [2.75, 3.05) is 0 Å². The maximum atomic E-state index is 3.91. The Balaban J connectivity index is 0.733. The van der Waals surface area contributed by atoms with Gasteiger partial charge in [0.05, 0.1) is 0 Å². The second-order valence-electron chi connectivity index (χ2n) is 30.8. The van der Waals surface area contributed by atoms with Crippen molar-refractivity contribution in [3.8, 4) is 111 Å². The highest BCUT2D eigenvalue weighted by Gasteiger charge is 2.39. The number of fused-ring (bicyclic) bond motifs is 21. The van der Waals surface area contributed by atoms with Gasteiger partial charge < -0.3 is 4.98 Å². The van der Waals surface area contributed by atoms with Crippen LogP contribution in [0.1, 0.15) is 99.9 Å².